The van der Waals surface area contributed by atoms with Gasteiger partial charge in [0.1, 0.15) is 5.82 Å². The van der Waals surface area contributed by atoms with Crippen LogP contribution in [0.2, 0.25) is 0 Å². The molecule has 5 heteroatoms. The summed E-state index contributed by atoms with van der Waals surface area (Å²) in [4.78, 5) is 19.5. The number of benzene rings is 1. The lowest BCUT2D eigenvalue weighted by Gasteiger charge is -2.43. The highest BCUT2D eigenvalue weighted by molar-refractivity contribution is 5.63. The molecule has 0 saturated carbocycles. The van der Waals surface area contributed by atoms with Crippen molar-refractivity contribution in [3.8, 4) is 11.1 Å². The lowest BCUT2D eigenvalue weighted by molar-refractivity contribution is 0.114. The van der Waals surface area contributed by atoms with E-state index in [-0.39, 0.29) is 5.56 Å². The molecule has 142 valence electrons. The first-order chi connectivity index (χ1) is 13.7. The first-order valence-corrected chi connectivity index (χ1v) is 9.89. The van der Waals surface area contributed by atoms with Crippen molar-refractivity contribution in [1.82, 2.24) is 14.5 Å². The van der Waals surface area contributed by atoms with E-state index in [0.29, 0.717) is 17.7 Å². The van der Waals surface area contributed by atoms with Crippen LogP contribution in [0.4, 0.5) is 5.82 Å². The normalized spacial score (nSPS) is 21.3. The van der Waals surface area contributed by atoms with Crippen LogP contribution in [0.25, 0.3) is 11.1 Å². The molecule has 2 N–H and O–H groups in total. The fourth-order valence-electron chi connectivity index (χ4n) is 4.81. The average molecular weight is 372 g/mol. The summed E-state index contributed by atoms with van der Waals surface area (Å²) in [6, 6.07) is 18.2. The number of fused-ring (bicyclic) bond motifs is 4. The highest BCUT2D eigenvalue weighted by Crippen LogP contribution is 2.37. The summed E-state index contributed by atoms with van der Waals surface area (Å²) in [5, 5.41) is 0. The number of aromatic nitrogens is 2. The number of hydrogen-bond donors (Lipinski definition) is 1. The summed E-state index contributed by atoms with van der Waals surface area (Å²) >= 11 is 0. The Morgan fingerprint density at radius 3 is 2.68 bits per heavy atom. The maximum absolute atomic E-state index is 12.8. The highest BCUT2D eigenvalue weighted by atomic mass is 16.1. The molecule has 1 saturated heterocycles. The van der Waals surface area contributed by atoms with Gasteiger partial charge in [0, 0.05) is 55.6 Å². The summed E-state index contributed by atoms with van der Waals surface area (Å²) in [5.74, 6) is 1.49. The molecule has 1 fully saturated rings. The predicted octanol–water partition coefficient (Wildman–Crippen LogP) is 3.11. The number of nitrogens with two attached hydrogens (primary N) is 1. The summed E-state index contributed by atoms with van der Waals surface area (Å²) < 4.78 is 2.00. The smallest absolute Gasteiger partial charge is 0.251 e. The lowest BCUT2D eigenvalue weighted by Crippen LogP contribution is -2.46. The van der Waals surface area contributed by atoms with Gasteiger partial charge in [-0.25, -0.2) is 4.98 Å². The molecule has 3 aromatic rings. The molecule has 0 unspecified atom stereocenters. The van der Waals surface area contributed by atoms with E-state index in [1.807, 2.05) is 28.8 Å². The van der Waals surface area contributed by atoms with Gasteiger partial charge in [-0.1, -0.05) is 36.4 Å². The van der Waals surface area contributed by atoms with Gasteiger partial charge in [0.2, 0.25) is 0 Å². The van der Waals surface area contributed by atoms with Crippen molar-refractivity contribution >= 4 is 5.82 Å². The van der Waals surface area contributed by atoms with E-state index in [0.717, 1.165) is 49.3 Å². The van der Waals surface area contributed by atoms with Crippen LogP contribution in [0.15, 0.2) is 65.6 Å². The van der Waals surface area contributed by atoms with Crippen molar-refractivity contribution in [2.24, 2.45) is 5.92 Å². The second-order valence-electron chi connectivity index (χ2n) is 8.02. The lowest BCUT2D eigenvalue weighted by atomic mass is 9.82. The van der Waals surface area contributed by atoms with Crippen LogP contribution in [0, 0.1) is 5.92 Å². The molecule has 5 nitrogen and oxygen atoms in total. The van der Waals surface area contributed by atoms with Crippen molar-refractivity contribution in [2.45, 2.75) is 25.4 Å². The van der Waals surface area contributed by atoms with Gasteiger partial charge in [0.15, 0.2) is 0 Å². The Labute approximate surface area is 164 Å². The Morgan fingerprint density at radius 2 is 1.86 bits per heavy atom. The van der Waals surface area contributed by atoms with Gasteiger partial charge >= 0.3 is 0 Å². The van der Waals surface area contributed by atoms with Crippen LogP contribution in [0.5, 0.6) is 0 Å². The molecule has 2 aliphatic heterocycles. The monoisotopic (exact) mass is 372 g/mol. The molecular formula is C23H24N4O. The van der Waals surface area contributed by atoms with Gasteiger partial charge in [-0.15, -0.1) is 0 Å². The molecule has 2 aliphatic rings. The van der Waals surface area contributed by atoms with E-state index in [1.54, 1.807) is 12.3 Å². The minimum Gasteiger partial charge on any atom is -0.383 e. The Balaban J connectivity index is 1.46. The quantitative estimate of drug-likeness (QED) is 0.767. The van der Waals surface area contributed by atoms with Gasteiger partial charge in [0.05, 0.1) is 0 Å². The Kier molecular flexibility index (Phi) is 4.24. The zero-order valence-corrected chi connectivity index (χ0v) is 15.8. The molecule has 5 rings (SSSR count). The molecule has 28 heavy (non-hydrogen) atoms. The van der Waals surface area contributed by atoms with Crippen LogP contribution in [-0.2, 0) is 13.1 Å². The van der Waals surface area contributed by atoms with E-state index in [9.17, 15) is 4.79 Å². The van der Waals surface area contributed by atoms with Gasteiger partial charge < -0.3 is 10.3 Å². The van der Waals surface area contributed by atoms with E-state index in [2.05, 4.69) is 34.1 Å². The van der Waals surface area contributed by atoms with Crippen molar-refractivity contribution in [3.05, 3.63) is 82.4 Å². The van der Waals surface area contributed by atoms with Crippen LogP contribution >= 0.6 is 0 Å². The Morgan fingerprint density at radius 1 is 1.00 bits per heavy atom. The average Bonchev–Trinajstić information content (AvgIpc) is 2.71. The van der Waals surface area contributed by atoms with E-state index >= 15 is 0 Å². The predicted molar refractivity (Wildman–Crippen MR) is 111 cm³/mol. The first kappa shape index (κ1) is 17.2. The van der Waals surface area contributed by atoms with Crippen molar-refractivity contribution in [1.29, 1.82) is 0 Å². The number of pyridine rings is 2. The fraction of sp³-hybridized carbons (Fsp3) is 0.304. The van der Waals surface area contributed by atoms with Gasteiger partial charge in [-0.2, -0.15) is 0 Å². The van der Waals surface area contributed by atoms with Gasteiger partial charge in [-0.05, 0) is 35.6 Å². The number of hydrogen-bond acceptors (Lipinski definition) is 4. The molecular weight excluding hydrogens is 348 g/mol. The van der Waals surface area contributed by atoms with Crippen molar-refractivity contribution in [2.75, 3.05) is 18.8 Å². The van der Waals surface area contributed by atoms with Crippen LogP contribution in [-0.4, -0.2) is 27.5 Å². The van der Waals surface area contributed by atoms with Crippen LogP contribution in [0.3, 0.4) is 0 Å². The third kappa shape index (κ3) is 3.12. The molecule has 0 amide bonds. The zero-order valence-electron chi connectivity index (χ0n) is 15.8. The Bertz CT molecular complexity index is 1060. The highest BCUT2D eigenvalue weighted by Gasteiger charge is 2.35. The standard InChI is InChI=1S/C23H24N4O/c24-23-18(7-4-8-25-23)14-26-12-16-9-20(15-26)21-10-19(11-22(28)27(21)13-16)17-5-2-1-3-6-17/h1-8,10-11,16,20H,9,12-15H2,(H2,24,25)/t16-,20+/m0/s1. The number of rotatable bonds is 3. The van der Waals surface area contributed by atoms with Crippen molar-refractivity contribution in [3.63, 3.8) is 0 Å². The number of nitrogen functional groups attached to an aromatic ring is 1. The third-order valence-corrected chi connectivity index (χ3v) is 6.06. The van der Waals surface area contributed by atoms with Gasteiger partial charge in [-0.3, -0.25) is 9.69 Å². The second-order valence-corrected chi connectivity index (χ2v) is 8.02. The number of piperidine rings is 1. The maximum Gasteiger partial charge on any atom is 0.251 e. The van der Waals surface area contributed by atoms with E-state index in [4.69, 9.17) is 5.73 Å². The minimum atomic E-state index is 0.121. The maximum atomic E-state index is 12.8. The number of anilines is 1. The number of nitrogens with zero attached hydrogens (tertiary/aromatic N) is 3. The topological polar surface area (TPSA) is 64.2 Å². The molecule has 2 bridgehead atoms. The zero-order chi connectivity index (χ0) is 19.1. The van der Waals surface area contributed by atoms with Crippen LogP contribution < -0.4 is 11.3 Å². The largest absolute Gasteiger partial charge is 0.383 e. The molecule has 0 radical (unpaired) electrons. The van der Waals surface area contributed by atoms with E-state index < -0.39 is 0 Å². The van der Waals surface area contributed by atoms with Crippen molar-refractivity contribution < 1.29 is 0 Å². The molecule has 4 heterocycles. The SMILES string of the molecule is Nc1ncccc1CN1C[C@@H]2C[C@H](C1)c1cc(-c3ccccc3)cc(=O)n1C2. The summed E-state index contributed by atoms with van der Waals surface area (Å²) in [6.45, 7) is 3.56. The first-order valence-electron chi connectivity index (χ1n) is 9.89. The van der Waals surface area contributed by atoms with Gasteiger partial charge in [0.25, 0.3) is 5.56 Å². The summed E-state index contributed by atoms with van der Waals surface area (Å²) in [5.41, 5.74) is 10.5. The molecule has 0 aliphatic carbocycles. The Hall–Kier alpha value is -2.92. The second kappa shape index (κ2) is 6.91. The summed E-state index contributed by atoms with van der Waals surface area (Å²) in [6.07, 6.45) is 2.88. The molecule has 0 spiro atoms. The molecule has 1 aromatic carbocycles. The summed E-state index contributed by atoms with van der Waals surface area (Å²) in [7, 11) is 0. The molecule has 2 atom stereocenters. The fourth-order valence-corrected chi connectivity index (χ4v) is 4.81. The van der Waals surface area contributed by atoms with E-state index in [1.165, 1.54) is 5.69 Å². The minimum absolute atomic E-state index is 0.121. The van der Waals surface area contributed by atoms with Crippen LogP contribution in [0.1, 0.15) is 23.6 Å². The third-order valence-electron chi connectivity index (χ3n) is 6.06. The molecule has 2 aromatic heterocycles. The number of likely N-dealkylation sites (tertiary alicyclic amines) is 1.